The topological polar surface area (TPSA) is 116 Å². The SMILES string of the molecule is Cc1nn(-c2cc(F)c(C(N)=O)c(N[C@H]3CCCCC3N)c2)c2c1C(=O)CC(C)(C)C2. The number of aromatic nitrogens is 2. The van der Waals surface area contributed by atoms with Gasteiger partial charge in [-0.2, -0.15) is 5.10 Å². The molecule has 2 atom stereocenters. The smallest absolute Gasteiger partial charge is 0.253 e. The Balaban J connectivity index is 1.82. The number of nitrogens with one attached hydrogen (secondary N) is 1. The second-order valence-corrected chi connectivity index (χ2v) is 9.67. The maximum Gasteiger partial charge on any atom is 0.253 e. The summed E-state index contributed by atoms with van der Waals surface area (Å²) in [6.45, 7) is 5.86. The molecular formula is C23H30FN5O2. The van der Waals surface area contributed by atoms with Crippen LogP contribution in [-0.4, -0.2) is 33.6 Å². The van der Waals surface area contributed by atoms with Crippen molar-refractivity contribution in [2.45, 2.75) is 71.4 Å². The fourth-order valence-electron chi connectivity index (χ4n) is 4.97. The predicted molar refractivity (Wildman–Crippen MR) is 117 cm³/mol. The number of carbonyl (C=O) groups excluding carboxylic acids is 2. The molecule has 0 saturated heterocycles. The summed E-state index contributed by atoms with van der Waals surface area (Å²) < 4.78 is 16.7. The van der Waals surface area contributed by atoms with Crippen LogP contribution in [-0.2, 0) is 6.42 Å². The summed E-state index contributed by atoms with van der Waals surface area (Å²) in [5, 5.41) is 7.83. The van der Waals surface area contributed by atoms with Gasteiger partial charge in [-0.25, -0.2) is 9.07 Å². The van der Waals surface area contributed by atoms with Crippen LogP contribution in [0.25, 0.3) is 5.69 Å². The zero-order valence-corrected chi connectivity index (χ0v) is 18.3. The molecule has 1 fully saturated rings. The quantitative estimate of drug-likeness (QED) is 0.693. The van der Waals surface area contributed by atoms with Crippen molar-refractivity contribution in [3.63, 3.8) is 0 Å². The lowest BCUT2D eigenvalue weighted by molar-refractivity contribution is 0.0909. The van der Waals surface area contributed by atoms with Gasteiger partial charge in [-0.15, -0.1) is 0 Å². The minimum absolute atomic E-state index is 0.0516. The van der Waals surface area contributed by atoms with E-state index in [2.05, 4.69) is 10.4 Å². The van der Waals surface area contributed by atoms with Crippen molar-refractivity contribution in [1.29, 1.82) is 0 Å². The Morgan fingerprint density at radius 3 is 2.65 bits per heavy atom. The second kappa shape index (κ2) is 7.75. The highest BCUT2D eigenvalue weighted by Crippen LogP contribution is 2.37. The second-order valence-electron chi connectivity index (χ2n) is 9.67. The highest BCUT2D eigenvalue weighted by Gasteiger charge is 2.36. The molecule has 1 aromatic carbocycles. The number of carbonyl (C=O) groups is 2. The van der Waals surface area contributed by atoms with Gasteiger partial charge in [0, 0.05) is 24.6 Å². The predicted octanol–water partition coefficient (Wildman–Crippen LogP) is 3.26. The van der Waals surface area contributed by atoms with Crippen molar-refractivity contribution in [1.82, 2.24) is 9.78 Å². The molecule has 2 aromatic rings. The summed E-state index contributed by atoms with van der Waals surface area (Å²) >= 11 is 0. The Hall–Kier alpha value is -2.74. The molecule has 1 aromatic heterocycles. The Labute approximate surface area is 181 Å². The fraction of sp³-hybridized carbons (Fsp3) is 0.522. The number of fused-ring (bicyclic) bond motifs is 1. The zero-order valence-electron chi connectivity index (χ0n) is 18.3. The number of hydrogen-bond donors (Lipinski definition) is 3. The van der Waals surface area contributed by atoms with Crippen molar-refractivity contribution in [2.24, 2.45) is 16.9 Å². The molecule has 2 aliphatic carbocycles. The van der Waals surface area contributed by atoms with Crippen LogP contribution in [0.5, 0.6) is 0 Å². The molecule has 31 heavy (non-hydrogen) atoms. The van der Waals surface area contributed by atoms with Crippen molar-refractivity contribution < 1.29 is 14.0 Å². The molecule has 0 aliphatic heterocycles. The molecule has 1 unspecified atom stereocenters. The molecule has 5 N–H and O–H groups in total. The van der Waals surface area contributed by atoms with Crippen LogP contribution in [0, 0.1) is 18.2 Å². The van der Waals surface area contributed by atoms with E-state index in [0.717, 1.165) is 31.4 Å². The minimum Gasteiger partial charge on any atom is -0.380 e. The van der Waals surface area contributed by atoms with Gasteiger partial charge in [0.05, 0.1) is 33.9 Å². The highest BCUT2D eigenvalue weighted by molar-refractivity contribution is 6.00. The molecule has 0 bridgehead atoms. The molecule has 1 amide bonds. The fourth-order valence-corrected chi connectivity index (χ4v) is 4.97. The van der Waals surface area contributed by atoms with Crippen molar-refractivity contribution >= 4 is 17.4 Å². The summed E-state index contributed by atoms with van der Waals surface area (Å²) in [5.74, 6) is -1.51. The first-order valence-electron chi connectivity index (χ1n) is 10.8. The van der Waals surface area contributed by atoms with E-state index in [-0.39, 0.29) is 28.8 Å². The average Bonchev–Trinajstić information content (AvgIpc) is 2.98. The lowest BCUT2D eigenvalue weighted by Gasteiger charge is -2.31. The highest BCUT2D eigenvalue weighted by atomic mass is 19.1. The number of amides is 1. The van der Waals surface area contributed by atoms with Gasteiger partial charge in [0.15, 0.2) is 5.78 Å². The van der Waals surface area contributed by atoms with E-state index in [9.17, 15) is 9.59 Å². The molecule has 0 spiro atoms. The van der Waals surface area contributed by atoms with Gasteiger partial charge in [0.2, 0.25) is 0 Å². The van der Waals surface area contributed by atoms with E-state index in [0.29, 0.717) is 35.5 Å². The molecular weight excluding hydrogens is 397 g/mol. The summed E-state index contributed by atoms with van der Waals surface area (Å²) in [5.41, 5.74) is 14.1. The average molecular weight is 428 g/mol. The molecule has 2 aliphatic rings. The number of benzene rings is 1. The third-order valence-electron chi connectivity index (χ3n) is 6.45. The molecule has 0 radical (unpaired) electrons. The van der Waals surface area contributed by atoms with E-state index in [4.69, 9.17) is 11.5 Å². The van der Waals surface area contributed by atoms with Crippen LogP contribution >= 0.6 is 0 Å². The van der Waals surface area contributed by atoms with Gasteiger partial charge in [-0.05, 0) is 37.7 Å². The molecule has 7 nitrogen and oxygen atoms in total. The number of Topliss-reactive ketones (excluding diaryl/α,β-unsaturated/α-hetero) is 1. The summed E-state index contributed by atoms with van der Waals surface area (Å²) in [4.78, 5) is 24.8. The van der Waals surface area contributed by atoms with Gasteiger partial charge in [-0.3, -0.25) is 9.59 Å². The molecule has 1 saturated carbocycles. The van der Waals surface area contributed by atoms with Crippen molar-refractivity contribution in [3.05, 3.63) is 40.5 Å². The Kier molecular flexibility index (Phi) is 5.37. The number of nitrogens with zero attached hydrogens (tertiary/aromatic N) is 2. The van der Waals surface area contributed by atoms with Crippen LogP contribution in [0.2, 0.25) is 0 Å². The number of aryl methyl sites for hydroxylation is 1. The zero-order chi connectivity index (χ0) is 22.5. The van der Waals surface area contributed by atoms with E-state index in [1.54, 1.807) is 17.7 Å². The van der Waals surface area contributed by atoms with Crippen molar-refractivity contribution in [2.75, 3.05) is 5.32 Å². The summed E-state index contributed by atoms with van der Waals surface area (Å²) in [6, 6.07) is 2.78. The molecule has 4 rings (SSSR count). The first-order chi connectivity index (χ1) is 14.6. The first-order valence-corrected chi connectivity index (χ1v) is 10.8. The Morgan fingerprint density at radius 1 is 1.26 bits per heavy atom. The number of nitrogens with two attached hydrogens (primary N) is 2. The number of halogens is 1. The van der Waals surface area contributed by atoms with Gasteiger partial charge in [0.1, 0.15) is 5.82 Å². The third-order valence-corrected chi connectivity index (χ3v) is 6.45. The lowest BCUT2D eigenvalue weighted by Crippen LogP contribution is -2.43. The van der Waals surface area contributed by atoms with Crippen LogP contribution < -0.4 is 16.8 Å². The molecule has 1 heterocycles. The first kappa shape index (κ1) is 21.5. The Bertz CT molecular complexity index is 1060. The van der Waals surface area contributed by atoms with Gasteiger partial charge < -0.3 is 16.8 Å². The normalized spacial score (nSPS) is 22.8. The largest absolute Gasteiger partial charge is 0.380 e. The molecule has 8 heteroatoms. The molecule has 166 valence electrons. The van der Waals surface area contributed by atoms with Crippen molar-refractivity contribution in [3.8, 4) is 5.69 Å². The maximum atomic E-state index is 15.1. The number of hydrogen-bond acceptors (Lipinski definition) is 5. The van der Waals surface area contributed by atoms with Crippen LogP contribution in [0.1, 0.15) is 78.1 Å². The maximum absolute atomic E-state index is 15.1. The number of anilines is 1. The van der Waals surface area contributed by atoms with E-state index in [1.165, 1.54) is 6.07 Å². The number of primary amides is 1. The van der Waals surface area contributed by atoms with Crippen LogP contribution in [0.3, 0.4) is 0 Å². The van der Waals surface area contributed by atoms with Gasteiger partial charge >= 0.3 is 0 Å². The standard InChI is InChI=1S/C23H30FN5O2/c1-12-20-18(10-23(2,3)11-19(20)30)29(28-12)13-8-14(24)21(22(26)31)17(9-13)27-16-7-5-4-6-15(16)25/h8-9,15-16,27H,4-7,10-11,25H2,1-3H3,(H2,26,31)/t15?,16-/m0/s1. The van der Waals surface area contributed by atoms with E-state index >= 15 is 4.39 Å². The summed E-state index contributed by atoms with van der Waals surface area (Å²) in [7, 11) is 0. The van der Waals surface area contributed by atoms with Crippen LogP contribution in [0.15, 0.2) is 12.1 Å². The number of rotatable bonds is 4. The lowest BCUT2D eigenvalue weighted by atomic mass is 9.75. The Morgan fingerprint density at radius 2 is 1.97 bits per heavy atom. The van der Waals surface area contributed by atoms with E-state index < -0.39 is 11.7 Å². The minimum atomic E-state index is -0.842. The summed E-state index contributed by atoms with van der Waals surface area (Å²) in [6.07, 6.45) is 4.87. The van der Waals surface area contributed by atoms with Crippen LogP contribution in [0.4, 0.5) is 10.1 Å². The monoisotopic (exact) mass is 427 g/mol. The van der Waals surface area contributed by atoms with Gasteiger partial charge in [-0.1, -0.05) is 26.7 Å². The van der Waals surface area contributed by atoms with Gasteiger partial charge in [0.25, 0.3) is 5.91 Å². The third kappa shape index (κ3) is 3.96. The number of ketones is 1. The van der Waals surface area contributed by atoms with E-state index in [1.807, 2.05) is 13.8 Å².